The van der Waals surface area contributed by atoms with Crippen molar-refractivity contribution in [2.75, 3.05) is 0 Å². The molecule has 1 aromatic heterocycles. The maximum atomic E-state index is 9.64. The molecule has 0 N–H and O–H groups in total. The van der Waals surface area contributed by atoms with Crippen molar-refractivity contribution in [3.05, 3.63) is 169 Å². The maximum absolute atomic E-state index is 9.64. The summed E-state index contributed by atoms with van der Waals surface area (Å²) < 4.78 is 241. The van der Waals surface area contributed by atoms with Crippen molar-refractivity contribution in [3.63, 3.8) is 0 Å². The minimum atomic E-state index is -0.975. The molecule has 1 heteroatoms. The van der Waals surface area contributed by atoms with Gasteiger partial charge in [-0.2, -0.15) is 0 Å². The van der Waals surface area contributed by atoms with E-state index >= 15 is 0 Å². The largest absolute Gasteiger partial charge is 0.455 e. The molecular weight excluding hydrogens is 569 g/mol. The standard InChI is InChI=1S/C46H28O/c1-3-16-31-29(13-1)15-11-24-34(31)43-36-20-7-9-22-38(36)44(39-23-10-8-21-37(39)43)35-19-6-5-18-33(35)40-25-12-26-41-45-32-17-4-2-14-30(32)27-28-42(45)47-46(40)41/h1-28H/i1D,2D,3D,4D,5D,6D,7D,8D,9D,10D,11D,13D,14D,15D,16D,17D,18D,19D,20D,21D,22D,23D,24D,26D,27D,28D. The van der Waals surface area contributed by atoms with Gasteiger partial charge in [0.05, 0.1) is 35.6 Å². The van der Waals surface area contributed by atoms with Crippen molar-refractivity contribution in [1.82, 2.24) is 0 Å². The molecule has 0 bridgehead atoms. The van der Waals surface area contributed by atoms with Gasteiger partial charge in [0, 0.05) is 16.3 Å². The van der Waals surface area contributed by atoms with E-state index in [1.54, 1.807) is 0 Å². The van der Waals surface area contributed by atoms with Crippen LogP contribution in [0.3, 0.4) is 0 Å². The Balaban J connectivity index is 1.54. The van der Waals surface area contributed by atoms with Gasteiger partial charge in [0.1, 0.15) is 11.2 Å². The lowest BCUT2D eigenvalue weighted by Crippen LogP contribution is -1.93. The molecule has 0 amide bonds. The van der Waals surface area contributed by atoms with Gasteiger partial charge in [0.15, 0.2) is 0 Å². The molecule has 0 unspecified atom stereocenters. The monoisotopic (exact) mass is 622 g/mol. The number of fused-ring (bicyclic) bond motifs is 8. The third-order valence-electron chi connectivity index (χ3n) is 8.01. The first-order chi connectivity index (χ1) is 34.1. The molecule has 0 aliphatic carbocycles. The van der Waals surface area contributed by atoms with Crippen LogP contribution in [-0.2, 0) is 0 Å². The van der Waals surface area contributed by atoms with E-state index in [1.807, 2.05) is 0 Å². The van der Waals surface area contributed by atoms with Crippen molar-refractivity contribution in [1.29, 1.82) is 0 Å². The van der Waals surface area contributed by atoms with Gasteiger partial charge in [-0.3, -0.25) is 0 Å². The first kappa shape index (κ1) is 11.3. The fraction of sp³-hybridized carbons (Fsp3) is 0. The molecular formula is C46H28O. The predicted molar refractivity (Wildman–Crippen MR) is 200 cm³/mol. The Morgan fingerprint density at radius 3 is 1.57 bits per heavy atom. The van der Waals surface area contributed by atoms with E-state index in [1.165, 1.54) is 6.07 Å². The summed E-state index contributed by atoms with van der Waals surface area (Å²) >= 11 is 0. The van der Waals surface area contributed by atoms with E-state index in [9.17, 15) is 9.60 Å². The Morgan fingerprint density at radius 1 is 0.362 bits per heavy atom. The molecule has 0 spiro atoms. The molecule has 9 aromatic carbocycles. The third-order valence-corrected chi connectivity index (χ3v) is 8.01. The van der Waals surface area contributed by atoms with Crippen molar-refractivity contribution < 1.29 is 40.1 Å². The number of benzene rings is 9. The molecule has 218 valence electrons. The van der Waals surface area contributed by atoms with Gasteiger partial charge in [0.2, 0.25) is 0 Å². The molecule has 10 aromatic rings. The van der Waals surface area contributed by atoms with Crippen LogP contribution in [0.4, 0.5) is 0 Å². The summed E-state index contributed by atoms with van der Waals surface area (Å²) in [6, 6.07) is -20.0. The van der Waals surface area contributed by atoms with E-state index in [0.717, 1.165) is 6.07 Å². The van der Waals surface area contributed by atoms with Crippen molar-refractivity contribution in [2.45, 2.75) is 0 Å². The fourth-order valence-corrected chi connectivity index (χ4v) is 6.11. The minimum absolute atomic E-state index is 0.237. The van der Waals surface area contributed by atoms with Gasteiger partial charge in [-0.05, 0) is 76.9 Å². The number of furan rings is 1. The smallest absolute Gasteiger partial charge is 0.143 e. The molecule has 0 fully saturated rings. The molecule has 1 heterocycles. The lowest BCUT2D eigenvalue weighted by Gasteiger charge is -2.20. The highest BCUT2D eigenvalue weighted by atomic mass is 16.3. The summed E-state index contributed by atoms with van der Waals surface area (Å²) in [6.07, 6.45) is 0. The lowest BCUT2D eigenvalue weighted by atomic mass is 9.83. The number of para-hydroxylation sites is 1. The number of hydrogen-bond donors (Lipinski definition) is 0. The van der Waals surface area contributed by atoms with Crippen LogP contribution in [0.15, 0.2) is 174 Å². The summed E-state index contributed by atoms with van der Waals surface area (Å²) in [5.41, 5.74) is -4.56. The second-order valence-corrected chi connectivity index (χ2v) is 10.4. The summed E-state index contributed by atoms with van der Waals surface area (Å²) in [4.78, 5) is 0. The van der Waals surface area contributed by atoms with Crippen LogP contribution in [0.5, 0.6) is 0 Å². The zero-order valence-corrected chi connectivity index (χ0v) is 23.6. The molecule has 47 heavy (non-hydrogen) atoms. The lowest BCUT2D eigenvalue weighted by molar-refractivity contribution is 0.670. The fourth-order valence-electron chi connectivity index (χ4n) is 6.11. The predicted octanol–water partition coefficient (Wildman–Crippen LogP) is 13.2. The average molecular weight is 623 g/mol. The van der Waals surface area contributed by atoms with Gasteiger partial charge < -0.3 is 4.42 Å². The third kappa shape index (κ3) is 3.84. The highest BCUT2D eigenvalue weighted by molar-refractivity contribution is 6.25. The normalized spacial score (nSPS) is 19.6. The van der Waals surface area contributed by atoms with Crippen LogP contribution < -0.4 is 0 Å². The number of rotatable bonds is 3. The Bertz CT molecular complexity index is 4240. The topological polar surface area (TPSA) is 13.1 Å². The Morgan fingerprint density at radius 2 is 0.872 bits per heavy atom. The quantitative estimate of drug-likeness (QED) is 0.179. The summed E-state index contributed by atoms with van der Waals surface area (Å²) in [7, 11) is 0. The Hall–Kier alpha value is -6.18. The van der Waals surface area contributed by atoms with E-state index in [0.29, 0.717) is 0 Å². The van der Waals surface area contributed by atoms with E-state index in [4.69, 9.17) is 30.5 Å². The van der Waals surface area contributed by atoms with Crippen LogP contribution in [0.2, 0.25) is 0 Å². The van der Waals surface area contributed by atoms with E-state index in [2.05, 4.69) is 0 Å². The summed E-state index contributed by atoms with van der Waals surface area (Å²) in [6.45, 7) is 0. The second-order valence-electron chi connectivity index (χ2n) is 10.4. The van der Waals surface area contributed by atoms with Crippen molar-refractivity contribution >= 4 is 65.0 Å². The Labute approximate surface area is 308 Å². The van der Waals surface area contributed by atoms with Gasteiger partial charge in [0.25, 0.3) is 0 Å². The zero-order chi connectivity index (χ0) is 53.5. The zero-order valence-electron chi connectivity index (χ0n) is 49.6. The van der Waals surface area contributed by atoms with E-state index < -0.39 is 234 Å². The second kappa shape index (κ2) is 10.2. The average Bonchev–Trinajstić information content (AvgIpc) is 3.78. The van der Waals surface area contributed by atoms with Gasteiger partial charge in [-0.15, -0.1) is 0 Å². The maximum Gasteiger partial charge on any atom is 0.143 e. The highest BCUT2D eigenvalue weighted by Gasteiger charge is 2.21. The molecule has 0 radical (unpaired) electrons. The van der Waals surface area contributed by atoms with E-state index in [-0.39, 0.29) is 21.7 Å². The van der Waals surface area contributed by atoms with Crippen LogP contribution >= 0.6 is 0 Å². The SMILES string of the molecule is [2H]c1c([2H])c([2H])c(-c2c3c([2H])c([2H])c([2H])c([2H])c3c(-c3c([2H])c([2H])c([2H])c4c([2H])c([2H])c([2H])c([2H])c34)c3c([2H])c([2H])c([2H])c([2H])c23)c(-c2ccc([2H])c3c2oc2c([2H])c([2H])c4c([2H])c([2H])c([2H])c([2H])c4c23)c1[2H]. The van der Waals surface area contributed by atoms with Crippen LogP contribution in [-0.4, -0.2) is 0 Å². The number of hydrogen-bond acceptors (Lipinski definition) is 1. The van der Waals surface area contributed by atoms with Crippen molar-refractivity contribution in [2.24, 2.45) is 0 Å². The van der Waals surface area contributed by atoms with Crippen LogP contribution in [0, 0.1) is 0 Å². The molecule has 0 saturated carbocycles. The van der Waals surface area contributed by atoms with Crippen molar-refractivity contribution in [3.8, 4) is 33.4 Å². The van der Waals surface area contributed by atoms with Gasteiger partial charge in [-0.1, -0.05) is 163 Å². The molecule has 10 rings (SSSR count). The Kier molecular flexibility index (Phi) is 2.44. The summed E-state index contributed by atoms with van der Waals surface area (Å²) in [5, 5.41) is -5.25. The van der Waals surface area contributed by atoms with Crippen LogP contribution in [0.1, 0.15) is 35.6 Å². The van der Waals surface area contributed by atoms with Crippen LogP contribution in [0.25, 0.3) is 98.4 Å². The molecule has 0 aliphatic rings. The van der Waals surface area contributed by atoms with Gasteiger partial charge >= 0.3 is 0 Å². The summed E-state index contributed by atoms with van der Waals surface area (Å²) in [5.74, 6) is 0. The highest BCUT2D eigenvalue weighted by Crippen LogP contribution is 2.48. The van der Waals surface area contributed by atoms with Gasteiger partial charge in [-0.25, -0.2) is 0 Å². The molecule has 0 atom stereocenters. The molecule has 1 nitrogen and oxygen atoms in total. The minimum Gasteiger partial charge on any atom is -0.455 e. The molecule has 0 saturated heterocycles. The molecule has 0 aliphatic heterocycles. The first-order valence-electron chi connectivity index (χ1n) is 27.1. The first-order valence-corrected chi connectivity index (χ1v) is 14.1.